The summed E-state index contributed by atoms with van der Waals surface area (Å²) in [4.78, 5) is 26.5. The minimum absolute atomic E-state index is 0.147. The maximum atomic E-state index is 12.6. The lowest BCUT2D eigenvalue weighted by Crippen LogP contribution is -2.44. The molecule has 3 rings (SSSR count). The smallest absolute Gasteiger partial charge is 0.344 e. The highest BCUT2D eigenvalue weighted by atomic mass is 16.6. The van der Waals surface area contributed by atoms with Gasteiger partial charge in [-0.2, -0.15) is 0 Å². The van der Waals surface area contributed by atoms with Crippen molar-refractivity contribution in [3.05, 3.63) is 60.2 Å². The molecule has 1 fully saturated rings. The van der Waals surface area contributed by atoms with Crippen LogP contribution in [0.15, 0.2) is 54.6 Å². The van der Waals surface area contributed by atoms with Crippen molar-refractivity contribution >= 4 is 11.9 Å². The van der Waals surface area contributed by atoms with Gasteiger partial charge in [0.1, 0.15) is 11.5 Å². The maximum absolute atomic E-state index is 12.6. The van der Waals surface area contributed by atoms with Crippen LogP contribution in [0.4, 0.5) is 0 Å². The fourth-order valence-corrected chi connectivity index (χ4v) is 3.66. The van der Waals surface area contributed by atoms with E-state index in [0.29, 0.717) is 30.5 Å². The molecule has 6 nitrogen and oxygen atoms in total. The molecule has 1 saturated heterocycles. The summed E-state index contributed by atoms with van der Waals surface area (Å²) in [6.45, 7) is 2.76. The van der Waals surface area contributed by atoms with Gasteiger partial charge in [0.2, 0.25) is 0 Å². The van der Waals surface area contributed by atoms with Crippen LogP contribution in [0, 0.1) is 5.92 Å². The van der Waals surface area contributed by atoms with Crippen LogP contribution in [0.1, 0.15) is 25.3 Å². The molecule has 1 amide bonds. The summed E-state index contributed by atoms with van der Waals surface area (Å²) >= 11 is 0. The van der Waals surface area contributed by atoms with Crippen molar-refractivity contribution in [1.82, 2.24) is 4.90 Å². The number of carbonyl (C=O) groups excluding carboxylic acids is 2. The van der Waals surface area contributed by atoms with Crippen LogP contribution in [0.25, 0.3) is 0 Å². The Morgan fingerprint density at radius 2 is 1.63 bits per heavy atom. The zero-order chi connectivity index (χ0) is 21.3. The molecule has 1 unspecified atom stereocenters. The van der Waals surface area contributed by atoms with E-state index >= 15 is 0 Å². The number of benzene rings is 2. The Kier molecular flexibility index (Phi) is 7.71. The van der Waals surface area contributed by atoms with E-state index in [1.807, 2.05) is 6.07 Å². The lowest BCUT2D eigenvalue weighted by atomic mass is 9.90. The Hall–Kier alpha value is -3.02. The van der Waals surface area contributed by atoms with E-state index in [0.717, 1.165) is 19.3 Å². The highest BCUT2D eigenvalue weighted by molar-refractivity contribution is 5.83. The van der Waals surface area contributed by atoms with Gasteiger partial charge in [0.05, 0.1) is 7.11 Å². The second kappa shape index (κ2) is 10.7. The average molecular weight is 411 g/mol. The van der Waals surface area contributed by atoms with Gasteiger partial charge >= 0.3 is 5.97 Å². The standard InChI is InChI=1S/C24H29NO5/c1-18(30-23(26)17-29-22-10-8-21(28-2)9-11-22)24(27)25-14-12-20(13-15-25)16-19-6-4-3-5-7-19/h3-11,18,20H,12-17H2,1-2H3. The molecule has 0 radical (unpaired) electrons. The summed E-state index contributed by atoms with van der Waals surface area (Å²) in [5.41, 5.74) is 1.33. The molecule has 1 heterocycles. The molecule has 0 saturated carbocycles. The third kappa shape index (κ3) is 6.24. The molecular weight excluding hydrogens is 382 g/mol. The van der Waals surface area contributed by atoms with E-state index in [4.69, 9.17) is 14.2 Å². The number of carbonyl (C=O) groups is 2. The zero-order valence-corrected chi connectivity index (χ0v) is 17.6. The molecule has 1 atom stereocenters. The molecule has 6 heteroatoms. The van der Waals surface area contributed by atoms with E-state index in [1.54, 1.807) is 43.2 Å². The van der Waals surface area contributed by atoms with Gasteiger partial charge in [-0.25, -0.2) is 4.79 Å². The summed E-state index contributed by atoms with van der Waals surface area (Å²) in [7, 11) is 1.58. The highest BCUT2D eigenvalue weighted by Gasteiger charge is 2.28. The fourth-order valence-electron chi connectivity index (χ4n) is 3.66. The Morgan fingerprint density at radius 1 is 1.00 bits per heavy atom. The van der Waals surface area contributed by atoms with Crippen molar-refractivity contribution in [1.29, 1.82) is 0 Å². The SMILES string of the molecule is COc1ccc(OCC(=O)OC(C)C(=O)N2CCC(Cc3ccccc3)CC2)cc1. The van der Waals surface area contributed by atoms with E-state index in [1.165, 1.54) is 5.56 Å². The Bertz CT molecular complexity index is 813. The number of ether oxygens (including phenoxy) is 3. The lowest BCUT2D eigenvalue weighted by Gasteiger charge is -2.33. The average Bonchev–Trinajstić information content (AvgIpc) is 2.78. The summed E-state index contributed by atoms with van der Waals surface area (Å²) in [6.07, 6.45) is 2.14. The zero-order valence-electron chi connectivity index (χ0n) is 17.6. The number of hydrogen-bond acceptors (Lipinski definition) is 5. The first kappa shape index (κ1) is 21.7. The highest BCUT2D eigenvalue weighted by Crippen LogP contribution is 2.22. The Balaban J connectivity index is 1.39. The minimum atomic E-state index is -0.817. The van der Waals surface area contributed by atoms with Crippen LogP contribution in [-0.2, 0) is 20.7 Å². The van der Waals surface area contributed by atoms with Crippen LogP contribution in [0.5, 0.6) is 11.5 Å². The Morgan fingerprint density at radius 3 is 2.27 bits per heavy atom. The molecule has 2 aromatic carbocycles. The number of rotatable bonds is 8. The van der Waals surface area contributed by atoms with Crippen LogP contribution in [0.2, 0.25) is 0 Å². The second-order valence-corrected chi connectivity index (χ2v) is 7.55. The van der Waals surface area contributed by atoms with Crippen LogP contribution >= 0.6 is 0 Å². The normalized spacial score (nSPS) is 15.3. The van der Waals surface area contributed by atoms with Crippen LogP contribution in [-0.4, -0.2) is 49.7 Å². The molecule has 0 aromatic heterocycles. The van der Waals surface area contributed by atoms with Crippen molar-refractivity contribution in [2.75, 3.05) is 26.8 Å². The molecule has 30 heavy (non-hydrogen) atoms. The van der Waals surface area contributed by atoms with Gasteiger partial charge in [-0.05, 0) is 61.9 Å². The van der Waals surface area contributed by atoms with Crippen molar-refractivity contribution < 1.29 is 23.8 Å². The van der Waals surface area contributed by atoms with Crippen molar-refractivity contribution in [3.8, 4) is 11.5 Å². The number of hydrogen-bond donors (Lipinski definition) is 0. The largest absolute Gasteiger partial charge is 0.497 e. The molecule has 160 valence electrons. The van der Waals surface area contributed by atoms with Crippen molar-refractivity contribution in [2.24, 2.45) is 5.92 Å². The van der Waals surface area contributed by atoms with Gasteiger partial charge in [-0.3, -0.25) is 4.79 Å². The predicted octanol–water partition coefficient (Wildman–Crippen LogP) is 3.49. The van der Waals surface area contributed by atoms with Gasteiger partial charge in [0.25, 0.3) is 5.91 Å². The van der Waals surface area contributed by atoms with Gasteiger partial charge in [0.15, 0.2) is 12.7 Å². The second-order valence-electron chi connectivity index (χ2n) is 7.55. The molecule has 0 N–H and O–H groups in total. The quantitative estimate of drug-likeness (QED) is 0.622. The Labute approximate surface area is 177 Å². The topological polar surface area (TPSA) is 65.1 Å². The van der Waals surface area contributed by atoms with Gasteiger partial charge in [-0.15, -0.1) is 0 Å². The first-order chi connectivity index (χ1) is 14.5. The monoisotopic (exact) mass is 411 g/mol. The molecular formula is C24H29NO5. The lowest BCUT2D eigenvalue weighted by molar-refractivity contribution is -0.161. The van der Waals surface area contributed by atoms with E-state index in [2.05, 4.69) is 24.3 Å². The van der Waals surface area contributed by atoms with E-state index in [-0.39, 0.29) is 12.5 Å². The minimum Gasteiger partial charge on any atom is -0.497 e. The third-order valence-corrected chi connectivity index (χ3v) is 5.37. The maximum Gasteiger partial charge on any atom is 0.344 e. The molecule has 2 aromatic rings. The third-order valence-electron chi connectivity index (χ3n) is 5.37. The summed E-state index contributed by atoms with van der Waals surface area (Å²) in [6, 6.07) is 17.3. The summed E-state index contributed by atoms with van der Waals surface area (Å²) in [5.74, 6) is 1.10. The van der Waals surface area contributed by atoms with Crippen molar-refractivity contribution in [2.45, 2.75) is 32.3 Å². The number of piperidine rings is 1. The van der Waals surface area contributed by atoms with Gasteiger partial charge in [-0.1, -0.05) is 30.3 Å². The number of methoxy groups -OCH3 is 1. The van der Waals surface area contributed by atoms with E-state index < -0.39 is 12.1 Å². The number of esters is 1. The van der Waals surface area contributed by atoms with Crippen LogP contribution in [0.3, 0.4) is 0 Å². The fraction of sp³-hybridized carbons (Fsp3) is 0.417. The summed E-state index contributed by atoms with van der Waals surface area (Å²) < 4.78 is 15.8. The van der Waals surface area contributed by atoms with Crippen molar-refractivity contribution in [3.63, 3.8) is 0 Å². The predicted molar refractivity (Wildman–Crippen MR) is 113 cm³/mol. The molecule has 0 bridgehead atoms. The molecule has 1 aliphatic heterocycles. The van der Waals surface area contributed by atoms with Crippen LogP contribution < -0.4 is 9.47 Å². The number of likely N-dealkylation sites (tertiary alicyclic amines) is 1. The number of amides is 1. The van der Waals surface area contributed by atoms with Gasteiger partial charge < -0.3 is 19.1 Å². The molecule has 0 spiro atoms. The van der Waals surface area contributed by atoms with Gasteiger partial charge in [0, 0.05) is 13.1 Å². The molecule has 0 aliphatic carbocycles. The number of nitrogens with zero attached hydrogens (tertiary/aromatic N) is 1. The first-order valence-electron chi connectivity index (χ1n) is 10.3. The van der Waals surface area contributed by atoms with E-state index in [9.17, 15) is 9.59 Å². The summed E-state index contributed by atoms with van der Waals surface area (Å²) in [5, 5.41) is 0. The molecule has 1 aliphatic rings. The first-order valence-corrected chi connectivity index (χ1v) is 10.3.